The molecule has 1 aromatic heterocycles. The van der Waals surface area contributed by atoms with E-state index in [1.807, 2.05) is 6.20 Å². The second-order valence-electron chi connectivity index (χ2n) is 4.82. The molecule has 0 saturated heterocycles. The van der Waals surface area contributed by atoms with Crippen molar-refractivity contribution in [2.45, 2.75) is 37.8 Å². The van der Waals surface area contributed by atoms with Gasteiger partial charge in [0.25, 0.3) is 0 Å². The van der Waals surface area contributed by atoms with Crippen LogP contribution in [0.3, 0.4) is 0 Å². The summed E-state index contributed by atoms with van der Waals surface area (Å²) in [4.78, 5) is 0. The maximum atomic E-state index is 9.47. The number of hydrogen-bond donors (Lipinski definition) is 3. The largest absolute Gasteiger partial charge is 0.393 e. The number of hydrogen-bond acceptors (Lipinski definition) is 3. The minimum atomic E-state index is -0.0943. The summed E-state index contributed by atoms with van der Waals surface area (Å²) in [6, 6.07) is 6.73. The van der Waals surface area contributed by atoms with Gasteiger partial charge in [0.2, 0.25) is 0 Å². The lowest BCUT2D eigenvalue weighted by atomic mass is 9.93. The van der Waals surface area contributed by atoms with Crippen LogP contribution in [0.15, 0.2) is 24.4 Å². The highest BCUT2D eigenvalue weighted by Crippen LogP contribution is 2.23. The van der Waals surface area contributed by atoms with Crippen LogP contribution < -0.4 is 5.32 Å². The molecule has 0 aliphatic heterocycles. The van der Waals surface area contributed by atoms with Crippen molar-refractivity contribution in [3.8, 4) is 0 Å². The number of nitrogens with one attached hydrogen (secondary N) is 2. The molecule has 0 atom stereocenters. The standard InChI is InChI=1S/C13H17N3O/c17-12-5-3-10(4-6-12)15-11-2-1-9-8-14-16-13(9)7-11/h1-2,7-8,10,12,15,17H,3-6H2,(H,14,16). The molecule has 90 valence electrons. The van der Waals surface area contributed by atoms with Crippen LogP contribution in [0.25, 0.3) is 10.9 Å². The molecule has 1 heterocycles. The van der Waals surface area contributed by atoms with Crippen molar-refractivity contribution in [3.63, 3.8) is 0 Å². The van der Waals surface area contributed by atoms with Gasteiger partial charge < -0.3 is 10.4 Å². The number of aromatic nitrogens is 2. The summed E-state index contributed by atoms with van der Waals surface area (Å²) < 4.78 is 0. The minimum absolute atomic E-state index is 0.0943. The predicted octanol–water partition coefficient (Wildman–Crippen LogP) is 2.28. The summed E-state index contributed by atoms with van der Waals surface area (Å²) in [6.07, 6.45) is 5.64. The Balaban J connectivity index is 1.71. The fraction of sp³-hybridized carbons (Fsp3) is 0.462. The Morgan fingerprint density at radius 3 is 2.88 bits per heavy atom. The molecular formula is C13H17N3O. The number of rotatable bonds is 2. The van der Waals surface area contributed by atoms with E-state index >= 15 is 0 Å². The van der Waals surface area contributed by atoms with Crippen molar-refractivity contribution in [1.82, 2.24) is 10.2 Å². The smallest absolute Gasteiger partial charge is 0.0670 e. The van der Waals surface area contributed by atoms with Gasteiger partial charge in [0.1, 0.15) is 0 Å². The van der Waals surface area contributed by atoms with Crippen LogP contribution in [-0.4, -0.2) is 27.4 Å². The van der Waals surface area contributed by atoms with Crippen LogP contribution in [0.4, 0.5) is 5.69 Å². The summed E-state index contributed by atoms with van der Waals surface area (Å²) in [7, 11) is 0. The molecule has 1 aromatic carbocycles. The van der Waals surface area contributed by atoms with Gasteiger partial charge in [-0.05, 0) is 43.9 Å². The monoisotopic (exact) mass is 231 g/mol. The summed E-state index contributed by atoms with van der Waals surface area (Å²) >= 11 is 0. The van der Waals surface area contributed by atoms with Gasteiger partial charge in [0, 0.05) is 17.1 Å². The van der Waals surface area contributed by atoms with E-state index in [1.54, 1.807) is 0 Å². The first-order valence-electron chi connectivity index (χ1n) is 6.19. The number of fused-ring (bicyclic) bond motifs is 1. The molecule has 0 bridgehead atoms. The lowest BCUT2D eigenvalue weighted by Gasteiger charge is -2.27. The Labute approximate surface area is 100 Å². The zero-order chi connectivity index (χ0) is 11.7. The highest BCUT2D eigenvalue weighted by atomic mass is 16.3. The van der Waals surface area contributed by atoms with Crippen LogP contribution >= 0.6 is 0 Å². The molecule has 0 amide bonds. The number of aliphatic hydroxyl groups excluding tert-OH is 1. The van der Waals surface area contributed by atoms with Crippen molar-refractivity contribution < 1.29 is 5.11 Å². The van der Waals surface area contributed by atoms with E-state index in [-0.39, 0.29) is 6.10 Å². The van der Waals surface area contributed by atoms with Gasteiger partial charge in [-0.15, -0.1) is 0 Å². The summed E-state index contributed by atoms with van der Waals surface area (Å²) in [5.41, 5.74) is 2.19. The molecule has 1 aliphatic rings. The molecule has 0 radical (unpaired) electrons. The summed E-state index contributed by atoms with van der Waals surface area (Å²) in [5, 5.41) is 21.1. The molecule has 17 heavy (non-hydrogen) atoms. The van der Waals surface area contributed by atoms with Crippen LogP contribution in [0.1, 0.15) is 25.7 Å². The number of H-pyrrole nitrogens is 1. The fourth-order valence-electron chi connectivity index (χ4n) is 2.48. The third-order valence-electron chi connectivity index (χ3n) is 3.51. The third kappa shape index (κ3) is 2.26. The van der Waals surface area contributed by atoms with E-state index in [4.69, 9.17) is 0 Å². The fourth-order valence-corrected chi connectivity index (χ4v) is 2.48. The van der Waals surface area contributed by atoms with Crippen LogP contribution in [-0.2, 0) is 0 Å². The quantitative estimate of drug-likeness (QED) is 0.743. The Hall–Kier alpha value is -1.55. The second kappa shape index (κ2) is 4.37. The van der Waals surface area contributed by atoms with E-state index in [9.17, 15) is 5.11 Å². The molecule has 1 saturated carbocycles. The Morgan fingerprint density at radius 1 is 1.24 bits per heavy atom. The third-order valence-corrected chi connectivity index (χ3v) is 3.51. The van der Waals surface area contributed by atoms with Crippen LogP contribution in [0, 0.1) is 0 Å². The molecule has 3 rings (SSSR count). The Morgan fingerprint density at radius 2 is 2.06 bits per heavy atom. The molecule has 4 nitrogen and oxygen atoms in total. The topological polar surface area (TPSA) is 60.9 Å². The van der Waals surface area contributed by atoms with E-state index in [2.05, 4.69) is 33.7 Å². The second-order valence-corrected chi connectivity index (χ2v) is 4.82. The van der Waals surface area contributed by atoms with Gasteiger partial charge in [0.15, 0.2) is 0 Å². The van der Waals surface area contributed by atoms with Gasteiger partial charge in [0.05, 0.1) is 17.8 Å². The number of anilines is 1. The molecule has 1 fully saturated rings. The molecule has 1 aliphatic carbocycles. The Kier molecular flexibility index (Phi) is 2.73. The molecule has 4 heteroatoms. The predicted molar refractivity (Wildman–Crippen MR) is 68.0 cm³/mol. The summed E-state index contributed by atoms with van der Waals surface area (Å²) in [6.45, 7) is 0. The van der Waals surface area contributed by atoms with Crippen molar-refractivity contribution in [1.29, 1.82) is 0 Å². The minimum Gasteiger partial charge on any atom is -0.393 e. The zero-order valence-corrected chi connectivity index (χ0v) is 9.69. The molecule has 2 aromatic rings. The molecule has 0 unspecified atom stereocenters. The molecule has 3 N–H and O–H groups in total. The maximum Gasteiger partial charge on any atom is 0.0670 e. The van der Waals surface area contributed by atoms with Crippen molar-refractivity contribution in [3.05, 3.63) is 24.4 Å². The number of aromatic amines is 1. The van der Waals surface area contributed by atoms with E-state index in [0.29, 0.717) is 6.04 Å². The lowest BCUT2D eigenvalue weighted by Crippen LogP contribution is -2.28. The average molecular weight is 231 g/mol. The Bertz CT molecular complexity index is 500. The average Bonchev–Trinajstić information content (AvgIpc) is 2.79. The van der Waals surface area contributed by atoms with Gasteiger partial charge in [-0.1, -0.05) is 0 Å². The zero-order valence-electron chi connectivity index (χ0n) is 9.69. The summed E-state index contributed by atoms with van der Waals surface area (Å²) in [5.74, 6) is 0. The van der Waals surface area contributed by atoms with E-state index in [1.165, 1.54) is 0 Å². The van der Waals surface area contributed by atoms with E-state index < -0.39 is 0 Å². The number of aliphatic hydroxyl groups is 1. The highest BCUT2D eigenvalue weighted by molar-refractivity contribution is 5.81. The van der Waals surface area contributed by atoms with Crippen LogP contribution in [0.2, 0.25) is 0 Å². The first-order chi connectivity index (χ1) is 8.31. The maximum absolute atomic E-state index is 9.47. The van der Waals surface area contributed by atoms with Crippen LogP contribution in [0.5, 0.6) is 0 Å². The number of nitrogens with zero attached hydrogens (tertiary/aromatic N) is 1. The first kappa shape index (κ1) is 10.6. The van der Waals surface area contributed by atoms with Crippen molar-refractivity contribution >= 4 is 16.6 Å². The molecule has 0 spiro atoms. The van der Waals surface area contributed by atoms with Gasteiger partial charge in [-0.2, -0.15) is 5.10 Å². The van der Waals surface area contributed by atoms with E-state index in [0.717, 1.165) is 42.3 Å². The van der Waals surface area contributed by atoms with Crippen molar-refractivity contribution in [2.75, 3.05) is 5.32 Å². The molecular weight excluding hydrogens is 214 g/mol. The SMILES string of the molecule is OC1CCC(Nc2ccc3cn[nH]c3c2)CC1. The first-order valence-corrected chi connectivity index (χ1v) is 6.19. The lowest BCUT2D eigenvalue weighted by molar-refractivity contribution is 0.126. The van der Waals surface area contributed by atoms with Gasteiger partial charge in [-0.25, -0.2) is 0 Å². The van der Waals surface area contributed by atoms with Crippen molar-refractivity contribution in [2.24, 2.45) is 0 Å². The normalized spacial score (nSPS) is 25.0. The number of benzene rings is 1. The van der Waals surface area contributed by atoms with Gasteiger partial charge >= 0.3 is 0 Å². The van der Waals surface area contributed by atoms with Gasteiger partial charge in [-0.3, -0.25) is 5.10 Å². The highest BCUT2D eigenvalue weighted by Gasteiger charge is 2.18.